The van der Waals surface area contributed by atoms with Crippen LogP contribution in [-0.2, 0) is 12.8 Å². The molecule has 0 spiro atoms. The van der Waals surface area contributed by atoms with Crippen molar-refractivity contribution in [2.75, 3.05) is 53.2 Å². The first-order valence-electron chi connectivity index (χ1n) is 9.92. The van der Waals surface area contributed by atoms with E-state index >= 15 is 0 Å². The second-order valence-corrected chi connectivity index (χ2v) is 7.39. The van der Waals surface area contributed by atoms with Crippen molar-refractivity contribution in [1.82, 2.24) is 15.5 Å². The topological polar surface area (TPSA) is 60.0 Å². The lowest BCUT2D eigenvalue weighted by molar-refractivity contribution is 0.0827. The van der Waals surface area contributed by atoms with Crippen molar-refractivity contribution in [2.45, 2.75) is 12.8 Å². The minimum Gasteiger partial charge on any atom is -0.378 e. The highest BCUT2D eigenvalue weighted by molar-refractivity contribution is 5.94. The minimum atomic E-state index is 0.0240. The zero-order valence-corrected chi connectivity index (χ0v) is 18.2. The van der Waals surface area contributed by atoms with Crippen LogP contribution in [0.2, 0.25) is 0 Å². The Morgan fingerprint density at radius 2 is 1.52 bits per heavy atom. The van der Waals surface area contributed by atoms with Crippen molar-refractivity contribution in [1.29, 1.82) is 0 Å². The van der Waals surface area contributed by atoms with Crippen molar-refractivity contribution in [3.05, 3.63) is 65.2 Å². The number of nitrogens with zero attached hydrogens (tertiary/aromatic N) is 3. The van der Waals surface area contributed by atoms with E-state index in [-0.39, 0.29) is 5.91 Å². The van der Waals surface area contributed by atoms with Crippen molar-refractivity contribution < 1.29 is 4.79 Å². The third-order valence-corrected chi connectivity index (χ3v) is 4.67. The molecular formula is C23H33N5O. The third kappa shape index (κ3) is 7.14. The Hall–Kier alpha value is -3.02. The molecule has 0 aliphatic rings. The summed E-state index contributed by atoms with van der Waals surface area (Å²) in [6, 6.07) is 16.4. The molecule has 1 amide bonds. The van der Waals surface area contributed by atoms with Crippen LogP contribution >= 0.6 is 0 Å². The highest BCUT2D eigenvalue weighted by atomic mass is 16.2. The van der Waals surface area contributed by atoms with Crippen LogP contribution in [-0.4, -0.2) is 65.1 Å². The molecule has 0 atom stereocenters. The maximum atomic E-state index is 12.1. The summed E-state index contributed by atoms with van der Waals surface area (Å²) < 4.78 is 0. The van der Waals surface area contributed by atoms with Gasteiger partial charge in [-0.3, -0.25) is 9.79 Å². The van der Waals surface area contributed by atoms with Gasteiger partial charge in [0, 0.05) is 59.6 Å². The van der Waals surface area contributed by atoms with Crippen molar-refractivity contribution in [2.24, 2.45) is 4.99 Å². The average molecular weight is 396 g/mol. The lowest BCUT2D eigenvalue weighted by Gasteiger charge is -2.14. The molecule has 2 N–H and O–H groups in total. The Balaban J connectivity index is 1.76. The lowest BCUT2D eigenvalue weighted by Crippen LogP contribution is -2.39. The third-order valence-electron chi connectivity index (χ3n) is 4.67. The number of amides is 1. The fourth-order valence-corrected chi connectivity index (χ4v) is 2.95. The van der Waals surface area contributed by atoms with E-state index in [9.17, 15) is 4.79 Å². The molecule has 2 aromatic rings. The van der Waals surface area contributed by atoms with Gasteiger partial charge in [-0.1, -0.05) is 24.3 Å². The number of hydrogen-bond acceptors (Lipinski definition) is 3. The summed E-state index contributed by atoms with van der Waals surface area (Å²) >= 11 is 0. The van der Waals surface area contributed by atoms with Crippen LogP contribution in [0.25, 0.3) is 0 Å². The number of guanidine groups is 1. The second-order valence-electron chi connectivity index (χ2n) is 7.39. The molecular weight excluding hydrogens is 362 g/mol. The number of benzene rings is 2. The largest absolute Gasteiger partial charge is 0.378 e. The number of rotatable bonds is 8. The summed E-state index contributed by atoms with van der Waals surface area (Å²) in [4.78, 5) is 20.1. The van der Waals surface area contributed by atoms with E-state index in [1.807, 2.05) is 38.4 Å². The van der Waals surface area contributed by atoms with Crippen molar-refractivity contribution in [3.63, 3.8) is 0 Å². The van der Waals surface area contributed by atoms with E-state index in [2.05, 4.69) is 44.8 Å². The summed E-state index contributed by atoms with van der Waals surface area (Å²) in [5, 5.41) is 6.69. The molecule has 0 radical (unpaired) electrons. The van der Waals surface area contributed by atoms with Gasteiger partial charge in [-0.05, 0) is 48.2 Å². The predicted molar refractivity (Wildman–Crippen MR) is 122 cm³/mol. The van der Waals surface area contributed by atoms with E-state index in [4.69, 9.17) is 0 Å². The smallest absolute Gasteiger partial charge is 0.253 e. The number of anilines is 1. The molecule has 6 nitrogen and oxygen atoms in total. The summed E-state index contributed by atoms with van der Waals surface area (Å²) in [6.07, 6.45) is 1.75. The van der Waals surface area contributed by atoms with Gasteiger partial charge in [0.2, 0.25) is 0 Å². The monoisotopic (exact) mass is 395 g/mol. The number of hydrogen-bond donors (Lipinski definition) is 2. The molecule has 0 saturated carbocycles. The first-order chi connectivity index (χ1) is 13.9. The number of carbonyl (C=O) groups excluding carboxylic acids is 1. The molecule has 0 bridgehead atoms. The number of nitrogens with one attached hydrogen (secondary N) is 2. The molecule has 2 aromatic carbocycles. The average Bonchev–Trinajstić information content (AvgIpc) is 2.72. The summed E-state index contributed by atoms with van der Waals surface area (Å²) in [5.41, 5.74) is 4.34. The van der Waals surface area contributed by atoms with Gasteiger partial charge in [-0.15, -0.1) is 0 Å². The van der Waals surface area contributed by atoms with Crippen LogP contribution in [0.4, 0.5) is 5.69 Å². The molecule has 29 heavy (non-hydrogen) atoms. The summed E-state index contributed by atoms with van der Waals surface area (Å²) in [6.45, 7) is 1.56. The molecule has 0 aromatic heterocycles. The molecule has 0 aliphatic carbocycles. The van der Waals surface area contributed by atoms with E-state index in [0.717, 1.165) is 43.0 Å². The van der Waals surface area contributed by atoms with Crippen LogP contribution in [0.5, 0.6) is 0 Å². The van der Waals surface area contributed by atoms with E-state index in [1.54, 1.807) is 26.0 Å². The van der Waals surface area contributed by atoms with Crippen molar-refractivity contribution >= 4 is 17.6 Å². The van der Waals surface area contributed by atoms with Gasteiger partial charge in [-0.25, -0.2) is 0 Å². The van der Waals surface area contributed by atoms with Gasteiger partial charge < -0.3 is 20.4 Å². The van der Waals surface area contributed by atoms with Crippen LogP contribution in [0.3, 0.4) is 0 Å². The molecule has 0 unspecified atom stereocenters. The van der Waals surface area contributed by atoms with Gasteiger partial charge in [0.25, 0.3) is 5.91 Å². The lowest BCUT2D eigenvalue weighted by atomic mass is 10.1. The van der Waals surface area contributed by atoms with E-state index in [0.29, 0.717) is 0 Å². The number of aliphatic imine (C=N–C) groups is 1. The zero-order valence-electron chi connectivity index (χ0n) is 18.2. The van der Waals surface area contributed by atoms with E-state index in [1.165, 1.54) is 11.3 Å². The fraction of sp³-hybridized carbons (Fsp3) is 0.391. The Kier molecular flexibility index (Phi) is 8.52. The highest BCUT2D eigenvalue weighted by Crippen LogP contribution is 2.12. The van der Waals surface area contributed by atoms with Crippen LogP contribution < -0.4 is 15.5 Å². The summed E-state index contributed by atoms with van der Waals surface area (Å²) in [5.74, 6) is 0.811. The van der Waals surface area contributed by atoms with Crippen molar-refractivity contribution in [3.8, 4) is 0 Å². The fourth-order valence-electron chi connectivity index (χ4n) is 2.95. The Morgan fingerprint density at radius 1 is 0.897 bits per heavy atom. The normalized spacial score (nSPS) is 11.1. The Bertz CT molecular complexity index is 812. The minimum absolute atomic E-state index is 0.0240. The predicted octanol–water partition coefficient (Wildman–Crippen LogP) is 2.40. The standard InChI is InChI=1S/C23H33N5O/c1-24-23(25-15-13-18-9-11-21(12-10-18)27(2)3)26-16-14-19-7-6-8-20(17-19)22(29)28(4)5/h6-12,17H,13-16H2,1-5H3,(H2,24,25,26). The quantitative estimate of drug-likeness (QED) is 0.532. The van der Waals surface area contributed by atoms with Gasteiger partial charge in [0.15, 0.2) is 5.96 Å². The summed E-state index contributed by atoms with van der Waals surface area (Å²) in [7, 11) is 9.40. The molecule has 0 aliphatic heterocycles. The van der Waals surface area contributed by atoms with Gasteiger partial charge in [0.1, 0.15) is 0 Å². The molecule has 6 heteroatoms. The zero-order chi connectivity index (χ0) is 21.2. The second kappa shape index (κ2) is 11.1. The maximum absolute atomic E-state index is 12.1. The first kappa shape index (κ1) is 22.3. The molecule has 0 saturated heterocycles. The maximum Gasteiger partial charge on any atom is 0.253 e. The van der Waals surface area contributed by atoms with Gasteiger partial charge in [0.05, 0.1) is 0 Å². The van der Waals surface area contributed by atoms with Gasteiger partial charge in [-0.2, -0.15) is 0 Å². The Morgan fingerprint density at radius 3 is 2.07 bits per heavy atom. The molecule has 156 valence electrons. The number of carbonyl (C=O) groups is 1. The van der Waals surface area contributed by atoms with Gasteiger partial charge >= 0.3 is 0 Å². The van der Waals surface area contributed by atoms with Crippen LogP contribution in [0.1, 0.15) is 21.5 Å². The van der Waals surface area contributed by atoms with Crippen LogP contribution in [0.15, 0.2) is 53.5 Å². The van der Waals surface area contributed by atoms with Crippen LogP contribution in [0, 0.1) is 0 Å². The first-order valence-corrected chi connectivity index (χ1v) is 9.92. The Labute approximate surface area is 174 Å². The SMILES string of the molecule is CN=C(NCCc1ccc(N(C)C)cc1)NCCc1cccc(C(=O)N(C)C)c1. The highest BCUT2D eigenvalue weighted by Gasteiger charge is 2.08. The molecule has 0 fully saturated rings. The molecule has 2 rings (SSSR count). The van der Waals surface area contributed by atoms with E-state index < -0.39 is 0 Å². The molecule has 0 heterocycles.